The molecule has 1 heterocycles. The Morgan fingerprint density at radius 3 is 2.53 bits per heavy atom. The second kappa shape index (κ2) is 5.22. The molecule has 1 atom stereocenters. The fraction of sp³-hybridized carbons (Fsp3) is 0.412. The molecular formula is C17H21NO. The molecule has 0 bridgehead atoms. The molecule has 0 aliphatic heterocycles. The summed E-state index contributed by atoms with van der Waals surface area (Å²) in [6.07, 6.45) is 5.39. The summed E-state index contributed by atoms with van der Waals surface area (Å²) in [5.41, 5.74) is 1.66. The monoisotopic (exact) mass is 255 g/mol. The summed E-state index contributed by atoms with van der Waals surface area (Å²) >= 11 is 0. The third-order valence-corrected chi connectivity index (χ3v) is 4.12. The van der Waals surface area contributed by atoms with Crippen molar-refractivity contribution in [3.8, 4) is 0 Å². The van der Waals surface area contributed by atoms with Gasteiger partial charge in [0.1, 0.15) is 5.76 Å². The van der Waals surface area contributed by atoms with Crippen molar-refractivity contribution in [3.63, 3.8) is 0 Å². The summed E-state index contributed by atoms with van der Waals surface area (Å²) in [6, 6.07) is 15.2. The lowest BCUT2D eigenvalue weighted by atomic mass is 9.86. The number of benzene rings is 1. The van der Waals surface area contributed by atoms with Crippen LogP contribution in [0.25, 0.3) is 0 Å². The lowest BCUT2D eigenvalue weighted by Gasteiger charge is -2.27. The van der Waals surface area contributed by atoms with Crippen LogP contribution in [0.2, 0.25) is 0 Å². The normalized spacial score (nSPS) is 18.2. The van der Waals surface area contributed by atoms with Crippen LogP contribution in [-0.2, 0) is 5.41 Å². The molecule has 1 aliphatic carbocycles. The molecule has 1 aliphatic rings. The first-order valence-electron chi connectivity index (χ1n) is 7.19. The molecule has 0 amide bonds. The summed E-state index contributed by atoms with van der Waals surface area (Å²) in [6.45, 7) is 3.23. The molecule has 2 nitrogen and oxygen atoms in total. The number of furan rings is 1. The molecule has 0 spiro atoms. The maximum Gasteiger partial charge on any atom is 0.121 e. The Morgan fingerprint density at radius 2 is 1.95 bits per heavy atom. The minimum Gasteiger partial charge on any atom is -0.468 e. The van der Waals surface area contributed by atoms with E-state index < -0.39 is 0 Å². The second-order valence-electron chi connectivity index (χ2n) is 5.42. The smallest absolute Gasteiger partial charge is 0.121 e. The molecule has 2 aromatic rings. The van der Waals surface area contributed by atoms with E-state index in [1.165, 1.54) is 18.4 Å². The van der Waals surface area contributed by atoms with Crippen LogP contribution in [0.3, 0.4) is 0 Å². The van der Waals surface area contributed by atoms with Crippen LogP contribution in [0.5, 0.6) is 0 Å². The number of hydrogen-bond donors (Lipinski definition) is 1. The van der Waals surface area contributed by atoms with Gasteiger partial charge in [-0.3, -0.25) is 0 Å². The summed E-state index contributed by atoms with van der Waals surface area (Å²) in [5, 5.41) is 3.68. The van der Waals surface area contributed by atoms with Crippen molar-refractivity contribution in [2.75, 3.05) is 6.54 Å². The Kier molecular flexibility index (Phi) is 3.43. The molecule has 2 heteroatoms. The predicted molar refractivity (Wildman–Crippen MR) is 77.1 cm³/mol. The molecule has 0 radical (unpaired) electrons. The molecule has 1 saturated carbocycles. The standard InChI is InChI=1S/C17H21NO/c1-2-12-18-16(15-9-6-13-19-15)17(10-11-17)14-7-4-3-5-8-14/h3-9,13,16,18H,2,10-12H2,1H3. The van der Waals surface area contributed by atoms with Crippen molar-refractivity contribution in [1.82, 2.24) is 5.32 Å². The first-order valence-corrected chi connectivity index (χ1v) is 7.19. The van der Waals surface area contributed by atoms with E-state index in [9.17, 15) is 0 Å². The highest BCUT2D eigenvalue weighted by Gasteiger charge is 2.52. The van der Waals surface area contributed by atoms with Crippen molar-refractivity contribution in [2.24, 2.45) is 0 Å². The van der Waals surface area contributed by atoms with Crippen LogP contribution in [0.4, 0.5) is 0 Å². The van der Waals surface area contributed by atoms with Gasteiger partial charge in [0.15, 0.2) is 0 Å². The van der Waals surface area contributed by atoms with Gasteiger partial charge in [-0.15, -0.1) is 0 Å². The van der Waals surface area contributed by atoms with E-state index >= 15 is 0 Å². The van der Waals surface area contributed by atoms with Gasteiger partial charge in [0.2, 0.25) is 0 Å². The van der Waals surface area contributed by atoms with E-state index in [1.54, 1.807) is 6.26 Å². The average Bonchev–Trinajstić information content (AvgIpc) is 3.08. The van der Waals surface area contributed by atoms with E-state index in [4.69, 9.17) is 4.42 Å². The summed E-state index contributed by atoms with van der Waals surface area (Å²) in [5.74, 6) is 1.06. The van der Waals surface area contributed by atoms with Crippen molar-refractivity contribution >= 4 is 0 Å². The fourth-order valence-corrected chi connectivity index (χ4v) is 2.96. The topological polar surface area (TPSA) is 25.2 Å². The Labute approximate surface area is 114 Å². The highest BCUT2D eigenvalue weighted by atomic mass is 16.3. The lowest BCUT2D eigenvalue weighted by molar-refractivity contribution is 0.352. The Bertz CT molecular complexity index is 499. The van der Waals surface area contributed by atoms with Gasteiger partial charge in [0.25, 0.3) is 0 Å². The largest absolute Gasteiger partial charge is 0.468 e. The Morgan fingerprint density at radius 1 is 1.16 bits per heavy atom. The quantitative estimate of drug-likeness (QED) is 0.842. The van der Waals surface area contributed by atoms with Crippen LogP contribution in [0.1, 0.15) is 43.6 Å². The van der Waals surface area contributed by atoms with E-state index in [0.717, 1.165) is 18.7 Å². The Balaban J connectivity index is 1.91. The molecule has 1 aromatic carbocycles. The first-order chi connectivity index (χ1) is 9.37. The first kappa shape index (κ1) is 12.5. The molecule has 1 aromatic heterocycles. The van der Waals surface area contributed by atoms with E-state index in [1.807, 2.05) is 6.07 Å². The number of rotatable bonds is 6. The molecular weight excluding hydrogens is 234 g/mol. The van der Waals surface area contributed by atoms with Gasteiger partial charge in [-0.05, 0) is 43.5 Å². The summed E-state index contributed by atoms with van der Waals surface area (Å²) in [7, 11) is 0. The maximum absolute atomic E-state index is 5.68. The Hall–Kier alpha value is -1.54. The highest BCUT2D eigenvalue weighted by molar-refractivity contribution is 5.36. The number of nitrogens with one attached hydrogen (secondary N) is 1. The number of hydrogen-bond acceptors (Lipinski definition) is 2. The molecule has 1 unspecified atom stereocenters. The van der Waals surface area contributed by atoms with Gasteiger partial charge < -0.3 is 9.73 Å². The van der Waals surface area contributed by atoms with E-state index in [0.29, 0.717) is 6.04 Å². The van der Waals surface area contributed by atoms with Crippen molar-refractivity contribution < 1.29 is 4.42 Å². The van der Waals surface area contributed by atoms with Crippen LogP contribution < -0.4 is 5.32 Å². The summed E-state index contributed by atoms with van der Waals surface area (Å²) < 4.78 is 5.68. The third kappa shape index (κ3) is 2.33. The van der Waals surface area contributed by atoms with Gasteiger partial charge in [-0.1, -0.05) is 37.3 Å². The zero-order chi connectivity index (χ0) is 13.1. The predicted octanol–water partition coefficient (Wildman–Crippen LogP) is 4.05. The molecule has 100 valence electrons. The van der Waals surface area contributed by atoms with Crippen LogP contribution in [0, 0.1) is 0 Å². The minimum absolute atomic E-state index is 0.230. The third-order valence-electron chi connectivity index (χ3n) is 4.12. The lowest BCUT2D eigenvalue weighted by Crippen LogP contribution is -2.32. The molecule has 1 N–H and O–H groups in total. The van der Waals surface area contributed by atoms with Crippen LogP contribution in [-0.4, -0.2) is 6.54 Å². The fourth-order valence-electron chi connectivity index (χ4n) is 2.96. The van der Waals surface area contributed by atoms with Crippen LogP contribution >= 0.6 is 0 Å². The second-order valence-corrected chi connectivity index (χ2v) is 5.42. The van der Waals surface area contributed by atoms with E-state index in [2.05, 4.69) is 48.6 Å². The molecule has 1 fully saturated rings. The SMILES string of the molecule is CCCNC(c1ccco1)C1(c2ccccc2)CC1. The van der Waals surface area contributed by atoms with Crippen LogP contribution in [0.15, 0.2) is 53.1 Å². The zero-order valence-corrected chi connectivity index (χ0v) is 11.4. The minimum atomic E-state index is 0.230. The summed E-state index contributed by atoms with van der Waals surface area (Å²) in [4.78, 5) is 0. The van der Waals surface area contributed by atoms with Gasteiger partial charge in [0, 0.05) is 5.41 Å². The molecule has 19 heavy (non-hydrogen) atoms. The average molecular weight is 255 g/mol. The van der Waals surface area contributed by atoms with Crippen molar-refractivity contribution in [2.45, 2.75) is 37.6 Å². The van der Waals surface area contributed by atoms with Crippen molar-refractivity contribution in [1.29, 1.82) is 0 Å². The van der Waals surface area contributed by atoms with Gasteiger partial charge in [-0.25, -0.2) is 0 Å². The molecule has 0 saturated heterocycles. The zero-order valence-electron chi connectivity index (χ0n) is 11.4. The van der Waals surface area contributed by atoms with Gasteiger partial charge in [0.05, 0.1) is 12.3 Å². The molecule has 3 rings (SSSR count). The highest BCUT2D eigenvalue weighted by Crippen LogP contribution is 2.56. The van der Waals surface area contributed by atoms with E-state index in [-0.39, 0.29) is 5.41 Å². The van der Waals surface area contributed by atoms with Crippen molar-refractivity contribution in [3.05, 3.63) is 60.1 Å². The maximum atomic E-state index is 5.68. The van der Waals surface area contributed by atoms with Gasteiger partial charge >= 0.3 is 0 Å². The van der Waals surface area contributed by atoms with Gasteiger partial charge in [-0.2, -0.15) is 0 Å².